The van der Waals surface area contributed by atoms with E-state index in [4.69, 9.17) is 14.5 Å². The summed E-state index contributed by atoms with van der Waals surface area (Å²) in [5.41, 5.74) is 5.82. The van der Waals surface area contributed by atoms with E-state index in [-0.39, 0.29) is 5.92 Å². The van der Waals surface area contributed by atoms with E-state index in [1.54, 1.807) is 13.3 Å². The van der Waals surface area contributed by atoms with Gasteiger partial charge in [0.2, 0.25) is 5.95 Å². The molecule has 0 spiro atoms. The Hall–Kier alpha value is -3.20. The summed E-state index contributed by atoms with van der Waals surface area (Å²) in [5, 5.41) is 7.66. The molecule has 2 aromatic heterocycles. The number of morpholine rings is 1. The number of nitrogens with zero attached hydrogens (tertiary/aromatic N) is 4. The van der Waals surface area contributed by atoms with Crippen molar-refractivity contribution in [2.45, 2.75) is 26.2 Å². The number of pyridine rings is 1. The molecule has 1 saturated heterocycles. The molecule has 2 N–H and O–H groups in total. The lowest BCUT2D eigenvalue weighted by Gasteiger charge is -2.30. The highest BCUT2D eigenvalue weighted by Crippen LogP contribution is 2.53. The molecule has 5 rings (SSSR count). The van der Waals surface area contributed by atoms with Crippen molar-refractivity contribution >= 4 is 46.2 Å². The van der Waals surface area contributed by atoms with Crippen molar-refractivity contribution in [3.8, 4) is 5.75 Å². The van der Waals surface area contributed by atoms with E-state index in [2.05, 4.69) is 59.6 Å². The van der Waals surface area contributed by atoms with Crippen molar-refractivity contribution < 1.29 is 14.0 Å². The fourth-order valence-electron chi connectivity index (χ4n) is 5.01. The summed E-state index contributed by atoms with van der Waals surface area (Å²) in [7, 11) is -0.898. The van der Waals surface area contributed by atoms with Crippen LogP contribution in [0.1, 0.15) is 29.2 Å². The monoisotopic (exact) mass is 638 g/mol. The van der Waals surface area contributed by atoms with Crippen LogP contribution >= 0.6 is 23.1 Å². The Kier molecular flexibility index (Phi) is 8.82. The molecule has 0 saturated carbocycles. The van der Waals surface area contributed by atoms with Gasteiger partial charge in [0.25, 0.3) is 0 Å². The lowest BCUT2D eigenvalue weighted by atomic mass is 9.95. The Labute approximate surface area is 250 Å². The number of ether oxygens (including phenoxy) is 2. The number of halogens is 1. The van der Waals surface area contributed by atoms with E-state index < -0.39 is 7.14 Å². The van der Waals surface area contributed by atoms with E-state index in [1.807, 2.05) is 51.6 Å². The molecule has 1 fully saturated rings. The van der Waals surface area contributed by atoms with Gasteiger partial charge in [0.1, 0.15) is 18.7 Å². The number of nitrogens with one attached hydrogen (secondary N) is 2. The Bertz CT molecular complexity index is 1530. The lowest BCUT2D eigenvalue weighted by Crippen LogP contribution is -2.36. The number of anilines is 4. The third-order valence-electron chi connectivity index (χ3n) is 7.30. The fourth-order valence-corrected chi connectivity index (χ4v) is 6.64. The van der Waals surface area contributed by atoms with Crippen molar-refractivity contribution in [2.75, 3.05) is 62.3 Å². The second kappa shape index (κ2) is 12.3. The van der Waals surface area contributed by atoms with Gasteiger partial charge in [-0.25, -0.2) is 4.98 Å². The molecule has 1 aliphatic carbocycles. The predicted octanol–water partition coefficient (Wildman–Crippen LogP) is 6.83. The summed E-state index contributed by atoms with van der Waals surface area (Å²) in [5.74, 6) is 1.85. The first kappa shape index (κ1) is 29.3. The molecule has 9 nitrogen and oxygen atoms in total. The molecule has 41 heavy (non-hydrogen) atoms. The summed E-state index contributed by atoms with van der Waals surface area (Å²) < 4.78 is 25.3. The molecular weight excluding hydrogens is 603 g/mol. The smallest absolute Gasteiger partial charge is 0.229 e. The molecule has 1 aliphatic heterocycles. The van der Waals surface area contributed by atoms with Gasteiger partial charge in [-0.3, -0.25) is 4.98 Å². The predicted molar refractivity (Wildman–Crippen MR) is 169 cm³/mol. The molecule has 1 unspecified atom stereocenters. The topological polar surface area (TPSA) is 102 Å². The van der Waals surface area contributed by atoms with Gasteiger partial charge in [0, 0.05) is 59.9 Å². The Morgan fingerprint density at radius 3 is 2.56 bits per heavy atom. The first-order chi connectivity index (χ1) is 19.6. The average Bonchev–Trinajstić information content (AvgIpc) is 2.96. The minimum Gasteiger partial charge on any atom is -0.495 e. The summed E-state index contributed by atoms with van der Waals surface area (Å²) >= 11 is 3.58. The highest BCUT2D eigenvalue weighted by molar-refractivity contribution is 9.10. The van der Waals surface area contributed by atoms with Crippen LogP contribution in [0.5, 0.6) is 5.75 Å². The maximum Gasteiger partial charge on any atom is 0.229 e. The fraction of sp³-hybridized carbons (Fsp3) is 0.367. The molecule has 1 aromatic carbocycles. The average molecular weight is 640 g/mol. The van der Waals surface area contributed by atoms with Crippen LogP contribution in [0, 0.1) is 13.8 Å². The van der Waals surface area contributed by atoms with Gasteiger partial charge in [0.05, 0.1) is 30.5 Å². The third-order valence-corrected chi connectivity index (χ3v) is 9.61. The number of hydrogen-bond donors (Lipinski definition) is 2. The lowest BCUT2D eigenvalue weighted by molar-refractivity contribution is 0.122. The van der Waals surface area contributed by atoms with E-state index in [0.29, 0.717) is 35.9 Å². The largest absolute Gasteiger partial charge is 0.495 e. The van der Waals surface area contributed by atoms with Crippen molar-refractivity contribution in [1.82, 2.24) is 15.0 Å². The normalized spacial score (nSPS) is 17.5. The molecule has 3 heterocycles. The van der Waals surface area contributed by atoms with Crippen molar-refractivity contribution in [2.24, 2.45) is 0 Å². The Morgan fingerprint density at radius 1 is 1.10 bits per heavy atom. The zero-order valence-electron chi connectivity index (χ0n) is 24.1. The highest BCUT2D eigenvalue weighted by atomic mass is 79.9. The molecule has 2 aliphatic rings. The summed E-state index contributed by atoms with van der Waals surface area (Å²) in [6.45, 7) is 10.7. The van der Waals surface area contributed by atoms with Crippen LogP contribution in [-0.2, 0) is 9.30 Å². The van der Waals surface area contributed by atoms with Crippen LogP contribution < -0.4 is 20.3 Å². The molecule has 11 heteroatoms. The van der Waals surface area contributed by atoms with Crippen molar-refractivity contribution in [3.63, 3.8) is 0 Å². The van der Waals surface area contributed by atoms with Gasteiger partial charge < -0.3 is 29.6 Å². The van der Waals surface area contributed by atoms with E-state index in [0.717, 1.165) is 58.0 Å². The number of aryl methyl sites for hydroxylation is 2. The molecule has 216 valence electrons. The standard InChI is InChI=1S/C30H36BrN6O3P/c1-19-6-8-23(32-17-19)21-7-9-24(28(15-21)41(4,5)38)34-29-22(31)18-33-30(36-29)35-25-16-27(39-3)26(14-20(25)2)37-10-12-40-13-11-37/h6-9,14,16-18,21H,10-13,15H2,1-5H3,(H2,33,34,35,36). The zero-order chi connectivity index (χ0) is 29.1. The van der Waals surface area contributed by atoms with Gasteiger partial charge >= 0.3 is 0 Å². The van der Waals surface area contributed by atoms with Crippen LogP contribution in [0.2, 0.25) is 0 Å². The molecule has 0 bridgehead atoms. The second-order valence-electron chi connectivity index (χ2n) is 10.7. The minimum absolute atomic E-state index is 0.0637. The van der Waals surface area contributed by atoms with Crippen molar-refractivity contribution in [1.29, 1.82) is 0 Å². The SMILES string of the molecule is COc1cc(Nc2ncc(Br)c(NC3=C(P(C)(C)=O)CC(c4ccc(C)cn4)C=C3)n2)c(C)cc1N1CCOCC1. The van der Waals surface area contributed by atoms with Gasteiger partial charge in [-0.1, -0.05) is 12.1 Å². The van der Waals surface area contributed by atoms with Crippen LogP contribution in [0.3, 0.4) is 0 Å². The second-order valence-corrected chi connectivity index (χ2v) is 14.8. The Morgan fingerprint density at radius 2 is 1.88 bits per heavy atom. The molecule has 3 aromatic rings. The number of hydrogen-bond acceptors (Lipinski definition) is 9. The number of methoxy groups -OCH3 is 1. The van der Waals surface area contributed by atoms with Crippen LogP contribution in [0.4, 0.5) is 23.1 Å². The van der Waals surface area contributed by atoms with E-state index >= 15 is 0 Å². The zero-order valence-corrected chi connectivity index (χ0v) is 26.6. The Balaban J connectivity index is 1.40. The molecule has 0 radical (unpaired) electrons. The third kappa shape index (κ3) is 6.83. The van der Waals surface area contributed by atoms with Gasteiger partial charge in [-0.05, 0) is 78.9 Å². The number of allylic oxidation sites excluding steroid dienone is 3. The number of aromatic nitrogens is 3. The minimum atomic E-state index is -2.58. The van der Waals surface area contributed by atoms with Gasteiger partial charge in [0.15, 0.2) is 0 Å². The van der Waals surface area contributed by atoms with Gasteiger partial charge in [-0.15, -0.1) is 0 Å². The quantitative estimate of drug-likeness (QED) is 0.257. The first-order valence-electron chi connectivity index (χ1n) is 13.6. The maximum atomic E-state index is 13.4. The summed E-state index contributed by atoms with van der Waals surface area (Å²) in [6, 6.07) is 8.20. The van der Waals surface area contributed by atoms with Crippen LogP contribution in [-0.4, -0.2) is 61.7 Å². The summed E-state index contributed by atoms with van der Waals surface area (Å²) in [4.78, 5) is 16.1. The molecule has 0 amide bonds. The molecule has 1 atom stereocenters. The summed E-state index contributed by atoms with van der Waals surface area (Å²) in [6.07, 6.45) is 8.31. The maximum absolute atomic E-state index is 13.4. The highest BCUT2D eigenvalue weighted by Gasteiger charge is 2.27. The van der Waals surface area contributed by atoms with Gasteiger partial charge in [-0.2, -0.15) is 4.98 Å². The van der Waals surface area contributed by atoms with E-state index in [1.165, 1.54) is 0 Å². The van der Waals surface area contributed by atoms with Crippen LogP contribution in [0.25, 0.3) is 0 Å². The molecular formula is C30H36BrN6O3P. The number of rotatable bonds is 8. The number of benzene rings is 1. The van der Waals surface area contributed by atoms with E-state index in [9.17, 15) is 4.57 Å². The first-order valence-corrected chi connectivity index (χ1v) is 17.0. The van der Waals surface area contributed by atoms with Crippen LogP contribution in [0.15, 0.2) is 64.3 Å². The van der Waals surface area contributed by atoms with Crippen molar-refractivity contribution in [3.05, 3.63) is 81.1 Å².